The summed E-state index contributed by atoms with van der Waals surface area (Å²) in [5, 5.41) is 50.6. The monoisotopic (exact) mass is 1460 g/mol. The molecule has 10 aliphatic rings. The second kappa shape index (κ2) is 27.2. The van der Waals surface area contributed by atoms with Crippen LogP contribution in [0.1, 0.15) is 235 Å². The molecule has 4 bridgehead atoms. The number of nitro groups is 1. The fraction of sp³-hybridized carbons (Fsp3) is 0.872. The minimum Gasteiger partial charge on any atom is -0.481 e. The van der Waals surface area contributed by atoms with Gasteiger partial charge in [0.1, 0.15) is 6.33 Å². The van der Waals surface area contributed by atoms with Crippen molar-refractivity contribution in [3.63, 3.8) is 0 Å². The lowest BCUT2D eigenvalue weighted by atomic mass is 9.34. The molecule has 0 amide bonds. The number of rotatable bonds is 17. The first kappa shape index (κ1) is 78.7. The van der Waals surface area contributed by atoms with Gasteiger partial charge in [-0.3, -0.25) is 9.59 Å². The number of aromatic nitrogens is 6. The molecule has 0 aromatic carbocycles. The number of carbonyl (C=O) groups is 2. The second-order valence-electron chi connectivity index (χ2n) is 37.8. The van der Waals surface area contributed by atoms with Crippen LogP contribution in [-0.4, -0.2) is 131 Å². The average molecular weight is 1460 g/mol. The third-order valence-electron chi connectivity index (χ3n) is 31.9. The van der Waals surface area contributed by atoms with E-state index in [0.29, 0.717) is 86.8 Å². The number of nitrogen functional groups attached to an aromatic ring is 1. The highest BCUT2D eigenvalue weighted by Crippen LogP contribution is 2.78. The third-order valence-corrected chi connectivity index (χ3v) is 32.4. The number of carboxylic acids is 2. The van der Waals surface area contributed by atoms with Crippen molar-refractivity contribution in [2.45, 2.75) is 258 Å². The molecule has 8 fully saturated rings. The molecule has 0 spiro atoms. The van der Waals surface area contributed by atoms with Gasteiger partial charge in [0.15, 0.2) is 0 Å². The molecule has 21 nitrogen and oxygen atoms in total. The maximum Gasteiger partial charge on any atom is 0.492 e. The Bertz CT molecular complexity index is 3420. The maximum atomic E-state index is 13.5. The minimum atomic E-state index is -0.672. The van der Waals surface area contributed by atoms with Gasteiger partial charge >= 0.3 is 17.9 Å². The van der Waals surface area contributed by atoms with Crippen molar-refractivity contribution in [3.8, 4) is 0 Å². The van der Waals surface area contributed by atoms with Crippen LogP contribution in [0.15, 0.2) is 34.4 Å². The Morgan fingerprint density at radius 1 is 0.670 bits per heavy atom. The fourth-order valence-electron chi connectivity index (χ4n) is 24.2. The van der Waals surface area contributed by atoms with Crippen molar-refractivity contribution in [2.75, 3.05) is 52.0 Å². The first-order valence-corrected chi connectivity index (χ1v) is 39.0. The molecular weight excluding hydrogens is 1330 g/mol. The lowest BCUT2D eigenvalue weighted by molar-refractivity contribution is -0.394. The largest absolute Gasteiger partial charge is 0.492 e. The SMILES string of the molecule is CC(C)[C@@H](C)[C@@]1(C)CC[C@]2(C)[C@H]3CC[C@@H]4[C@@]5(COC[C@@]4(C)[C@@H](OC[C@](C)(N)C(C)C)[C@H](n4cnc(N)n4)C5)C3=CC[C@@]2(C)[C@@H]1C(=O)O.CC(C)[C@@H](C)[C@@]1(C)CC[C@]2(C)[C@H]3CC[C@@H]4[C@@]5(COC[C@@]4(C)[C@@H](OC[C@](C)(N)C(C)C)[C@H](n4nc([N+](=O)[O-])nc4Br)C5)C3=CC[C@@]2(C)[C@@H]1C(=O)O.CCO. The zero-order valence-electron chi connectivity index (χ0n) is 64.8. The molecule has 2 saturated heterocycles. The van der Waals surface area contributed by atoms with Crippen LogP contribution in [0.3, 0.4) is 0 Å². The molecule has 4 heterocycles. The zero-order valence-corrected chi connectivity index (χ0v) is 66.3. The molecule has 22 heteroatoms. The first-order chi connectivity index (χ1) is 46.3. The van der Waals surface area contributed by atoms with Gasteiger partial charge in [-0.2, -0.15) is 4.68 Å². The Hall–Kier alpha value is -3.90. The second-order valence-corrected chi connectivity index (χ2v) is 38.5. The van der Waals surface area contributed by atoms with E-state index in [4.69, 9.17) is 41.3 Å². The molecule has 6 saturated carbocycles. The van der Waals surface area contributed by atoms with Gasteiger partial charge in [0, 0.05) is 60.4 Å². The van der Waals surface area contributed by atoms with Crippen LogP contribution < -0.4 is 17.2 Å². The van der Waals surface area contributed by atoms with Crippen LogP contribution in [0.5, 0.6) is 0 Å². The lowest BCUT2D eigenvalue weighted by Gasteiger charge is -2.71. The van der Waals surface area contributed by atoms with Gasteiger partial charge in [-0.05, 0) is 199 Å². The molecule has 2 aromatic rings. The highest BCUT2D eigenvalue weighted by atomic mass is 79.9. The van der Waals surface area contributed by atoms with E-state index in [9.17, 15) is 29.9 Å². The van der Waals surface area contributed by atoms with Crippen molar-refractivity contribution in [1.82, 2.24) is 29.5 Å². The number of nitrogens with two attached hydrogens (primary N) is 3. The molecule has 0 unspecified atom stereocenters. The van der Waals surface area contributed by atoms with E-state index in [1.54, 1.807) is 17.9 Å². The Morgan fingerprint density at radius 2 is 1.07 bits per heavy atom. The summed E-state index contributed by atoms with van der Waals surface area (Å²) in [6, 6.07) is -0.449. The predicted molar refractivity (Wildman–Crippen MR) is 391 cm³/mol. The number of halogens is 1. The van der Waals surface area contributed by atoms with Crippen LogP contribution in [0, 0.1) is 135 Å². The van der Waals surface area contributed by atoms with E-state index in [2.05, 4.69) is 180 Å². The molecule has 2 aromatic heterocycles. The molecule has 2 aliphatic heterocycles. The standard InChI is InChI=1S/C38H60BrN5O6.C38H63N5O4.C2H6O/c1-21(2)23(5)33(6)15-16-35(8)24-11-12-27-34(7)18-49-20-38(27,25(24)13-14-36(35,9)28(33)30(45)46)17-26(29(34)50-19-37(10,40)22(3)4)43-31(39)41-32(42-43)44(47)48;1-22(2)24(5)33(6)15-16-35(8)25-11-12-28-34(7)18-46-20-38(28,26(25)13-14-36(35,9)29(33)31(44)45)17-27(43-21-41-32(39)42-43)30(34)47-19-37(10,40)23(3)4;1-2-3/h13,21-24,26-29H,11-12,14-20,40H2,1-10H3,(H,45,46);13,21-25,27-30H,11-12,14-20,40H2,1-10H3,(H2,39,42)(H,44,45);3H,2H2,1H3/t23-,24+,26-,27+,28-,29+,33-,34-,35-,36+,37+,38+;24-,25+,27-,28+,29-,30+,33-,34-,35-,36+,37+,38+;/m11./s1. The van der Waals surface area contributed by atoms with Gasteiger partial charge in [-0.25, -0.2) is 9.67 Å². The first-order valence-electron chi connectivity index (χ1n) is 38.2. The van der Waals surface area contributed by atoms with Gasteiger partial charge in [-0.1, -0.05) is 148 Å². The maximum absolute atomic E-state index is 13.5. The van der Waals surface area contributed by atoms with Crippen LogP contribution >= 0.6 is 15.9 Å². The topological polar surface area (TPSA) is 314 Å². The summed E-state index contributed by atoms with van der Waals surface area (Å²) in [7, 11) is 0. The smallest absolute Gasteiger partial charge is 0.481 e. The number of allylic oxidation sites excluding steroid dienone is 2. The predicted octanol–water partition coefficient (Wildman–Crippen LogP) is 14.6. The van der Waals surface area contributed by atoms with E-state index in [1.165, 1.54) is 11.1 Å². The Balaban J connectivity index is 0.000000208. The summed E-state index contributed by atoms with van der Waals surface area (Å²) < 4.78 is 31.1. The van der Waals surface area contributed by atoms with E-state index in [1.807, 2.05) is 11.6 Å². The number of carboxylic acid groups (broad SMARTS) is 2. The van der Waals surface area contributed by atoms with Crippen molar-refractivity contribution < 1.29 is 48.8 Å². The number of fused-ring (bicyclic) bond motifs is 6. The number of ether oxygens (including phenoxy) is 4. The fourth-order valence-corrected chi connectivity index (χ4v) is 24.7. The number of hydrogen-bond donors (Lipinski definition) is 6. The quantitative estimate of drug-likeness (QED) is 0.0487. The number of aliphatic carboxylic acids is 2. The minimum absolute atomic E-state index is 0.0815. The highest BCUT2D eigenvalue weighted by Gasteiger charge is 2.75. The number of anilines is 1. The summed E-state index contributed by atoms with van der Waals surface area (Å²) in [6.07, 6.45) is 17.0. The van der Waals surface area contributed by atoms with E-state index < -0.39 is 56.6 Å². The summed E-state index contributed by atoms with van der Waals surface area (Å²) in [4.78, 5) is 46.7. The van der Waals surface area contributed by atoms with Gasteiger partial charge in [0.05, 0.1) is 75.8 Å². The molecule has 24 atom stereocenters. The van der Waals surface area contributed by atoms with Crippen molar-refractivity contribution in [3.05, 3.63) is 44.5 Å². The van der Waals surface area contributed by atoms with E-state index in [0.717, 1.165) is 64.2 Å². The molecular formula is C78H129BrN10O11. The highest BCUT2D eigenvalue weighted by molar-refractivity contribution is 9.10. The molecule has 100 heavy (non-hydrogen) atoms. The summed E-state index contributed by atoms with van der Waals surface area (Å²) >= 11 is 3.53. The number of aliphatic hydroxyl groups is 1. The summed E-state index contributed by atoms with van der Waals surface area (Å²) in [5.41, 5.74) is 18.5. The van der Waals surface area contributed by atoms with Crippen LogP contribution in [0.2, 0.25) is 0 Å². The zero-order chi connectivity index (χ0) is 74.2. The van der Waals surface area contributed by atoms with Gasteiger partial charge in [0.25, 0.3) is 4.73 Å². The molecule has 8 aliphatic carbocycles. The Morgan fingerprint density at radius 3 is 1.42 bits per heavy atom. The van der Waals surface area contributed by atoms with Crippen LogP contribution in [-0.2, 0) is 28.5 Å². The van der Waals surface area contributed by atoms with Crippen molar-refractivity contribution in [2.24, 2.45) is 137 Å². The van der Waals surface area contributed by atoms with E-state index >= 15 is 0 Å². The lowest BCUT2D eigenvalue weighted by Crippen LogP contribution is -2.69. The number of hydrogen-bond acceptors (Lipinski definition) is 16. The normalized spacial score (nSPS) is 42.8. The molecule has 564 valence electrons. The molecule has 0 radical (unpaired) electrons. The van der Waals surface area contributed by atoms with Crippen LogP contribution in [0.4, 0.5) is 11.9 Å². The Kier molecular flexibility index (Phi) is 21.4. The van der Waals surface area contributed by atoms with Gasteiger partial charge in [-0.15, -0.1) is 5.10 Å². The van der Waals surface area contributed by atoms with E-state index in [-0.39, 0.29) is 110 Å². The summed E-state index contributed by atoms with van der Waals surface area (Å²) in [5.74, 6) is 0.577. The molecule has 12 rings (SSSR count). The number of nitrogens with zero attached hydrogens (tertiary/aromatic N) is 7. The Labute approximate surface area is 605 Å². The van der Waals surface area contributed by atoms with Crippen molar-refractivity contribution >= 4 is 39.8 Å². The van der Waals surface area contributed by atoms with Crippen molar-refractivity contribution in [1.29, 1.82) is 0 Å². The van der Waals surface area contributed by atoms with Gasteiger partial charge < -0.3 is 61.6 Å². The summed E-state index contributed by atoms with van der Waals surface area (Å²) in [6.45, 7) is 49.6. The number of aliphatic hydroxyl groups excluding tert-OH is 1. The van der Waals surface area contributed by atoms with Gasteiger partial charge in [0.2, 0.25) is 5.95 Å². The average Bonchev–Trinajstić information content (AvgIpc) is 0.702. The van der Waals surface area contributed by atoms with Crippen LogP contribution in [0.25, 0.3) is 0 Å². The third kappa shape index (κ3) is 12.0. The molecule has 9 N–H and O–H groups in total.